The van der Waals surface area contributed by atoms with E-state index in [2.05, 4.69) is 5.32 Å². The molecule has 0 aliphatic carbocycles. The van der Waals surface area contributed by atoms with Gasteiger partial charge in [-0.1, -0.05) is 42.5 Å². The second kappa shape index (κ2) is 8.85. The van der Waals surface area contributed by atoms with Crippen molar-refractivity contribution in [2.24, 2.45) is 11.8 Å². The number of hydrogen-bond acceptors (Lipinski definition) is 6. The zero-order valence-corrected chi connectivity index (χ0v) is 19.8. The van der Waals surface area contributed by atoms with Crippen LogP contribution in [0.5, 0.6) is 5.75 Å². The van der Waals surface area contributed by atoms with Gasteiger partial charge in [-0.2, -0.15) is 0 Å². The number of amides is 2. The Morgan fingerprint density at radius 2 is 1.79 bits per heavy atom. The molecule has 0 radical (unpaired) electrons. The summed E-state index contributed by atoms with van der Waals surface area (Å²) in [5, 5.41) is 13.6. The van der Waals surface area contributed by atoms with Gasteiger partial charge in [-0.05, 0) is 44.0 Å². The number of fused-ring (bicyclic) bond motifs is 1. The van der Waals surface area contributed by atoms with Crippen LogP contribution in [0.4, 0.5) is 0 Å². The summed E-state index contributed by atoms with van der Waals surface area (Å²) in [6, 6.07) is 15.8. The van der Waals surface area contributed by atoms with Gasteiger partial charge >= 0.3 is 5.97 Å². The highest BCUT2D eigenvalue weighted by Gasteiger charge is 2.69. The average molecular weight is 467 g/mol. The van der Waals surface area contributed by atoms with E-state index >= 15 is 0 Å². The topological polar surface area (TPSA) is 105 Å². The Balaban J connectivity index is 1.75. The molecule has 0 aromatic heterocycles. The highest BCUT2D eigenvalue weighted by Crippen LogP contribution is 2.50. The molecule has 4 rings (SSSR count). The van der Waals surface area contributed by atoms with Crippen LogP contribution in [-0.4, -0.2) is 52.6 Å². The summed E-state index contributed by atoms with van der Waals surface area (Å²) in [5.41, 5.74) is -0.989. The third kappa shape index (κ3) is 3.97. The molecule has 34 heavy (non-hydrogen) atoms. The van der Waals surface area contributed by atoms with Crippen molar-refractivity contribution < 1.29 is 29.0 Å². The SMILES string of the molecule is COc1cccc(C2NC(COCc3ccccc3)(C(=O)O)C3C(=O)N(C(C)(C)C)C(=O)C23)c1. The lowest BCUT2D eigenvalue weighted by atomic mass is 9.79. The first-order valence-electron chi connectivity index (χ1n) is 11.2. The molecule has 4 atom stereocenters. The Labute approximate surface area is 198 Å². The molecular formula is C26H30N2O6. The lowest BCUT2D eigenvalue weighted by molar-refractivity contribution is -0.156. The lowest BCUT2D eigenvalue weighted by Gasteiger charge is -2.35. The number of hydrogen-bond donors (Lipinski definition) is 2. The summed E-state index contributed by atoms with van der Waals surface area (Å²) in [6.45, 7) is 5.23. The van der Waals surface area contributed by atoms with Crippen LogP contribution in [0.3, 0.4) is 0 Å². The summed E-state index contributed by atoms with van der Waals surface area (Å²) in [6.07, 6.45) is 0. The Hall–Kier alpha value is -3.23. The molecule has 0 bridgehead atoms. The number of carbonyl (C=O) groups excluding carboxylic acids is 2. The van der Waals surface area contributed by atoms with Gasteiger partial charge in [-0.3, -0.25) is 24.6 Å². The van der Waals surface area contributed by atoms with E-state index in [4.69, 9.17) is 9.47 Å². The monoisotopic (exact) mass is 466 g/mol. The molecule has 2 fully saturated rings. The molecule has 8 heteroatoms. The number of carboxylic acid groups (broad SMARTS) is 1. The zero-order valence-electron chi connectivity index (χ0n) is 19.8. The van der Waals surface area contributed by atoms with Crippen molar-refractivity contribution in [1.29, 1.82) is 0 Å². The maximum absolute atomic E-state index is 13.6. The second-order valence-electron chi connectivity index (χ2n) is 9.84. The smallest absolute Gasteiger partial charge is 0.327 e. The third-order valence-corrected chi connectivity index (χ3v) is 6.60. The first-order chi connectivity index (χ1) is 16.1. The molecule has 4 unspecified atom stereocenters. The second-order valence-corrected chi connectivity index (χ2v) is 9.84. The fourth-order valence-electron chi connectivity index (χ4n) is 5.08. The summed E-state index contributed by atoms with van der Waals surface area (Å²) in [5.74, 6) is -3.51. The van der Waals surface area contributed by atoms with Crippen LogP contribution in [0.2, 0.25) is 0 Å². The van der Waals surface area contributed by atoms with Crippen molar-refractivity contribution in [3.8, 4) is 5.75 Å². The first kappa shape index (κ1) is 23.9. The lowest BCUT2D eigenvalue weighted by Crippen LogP contribution is -2.60. The number of carbonyl (C=O) groups is 3. The Morgan fingerprint density at radius 1 is 1.09 bits per heavy atom. The average Bonchev–Trinajstić information content (AvgIpc) is 3.28. The van der Waals surface area contributed by atoms with E-state index in [1.807, 2.05) is 30.3 Å². The maximum Gasteiger partial charge on any atom is 0.327 e. The van der Waals surface area contributed by atoms with Crippen LogP contribution in [0.1, 0.15) is 37.9 Å². The normalized spacial score (nSPS) is 26.6. The number of methoxy groups -OCH3 is 1. The highest BCUT2D eigenvalue weighted by molar-refractivity contribution is 6.10. The summed E-state index contributed by atoms with van der Waals surface area (Å²) < 4.78 is 11.2. The van der Waals surface area contributed by atoms with Gasteiger partial charge in [0.25, 0.3) is 0 Å². The number of aliphatic carboxylic acids is 1. The van der Waals surface area contributed by atoms with E-state index in [0.717, 1.165) is 5.56 Å². The van der Waals surface area contributed by atoms with Crippen molar-refractivity contribution in [3.63, 3.8) is 0 Å². The number of nitrogens with one attached hydrogen (secondary N) is 1. The number of rotatable bonds is 7. The van der Waals surface area contributed by atoms with Gasteiger partial charge in [-0.25, -0.2) is 0 Å². The van der Waals surface area contributed by atoms with Crippen LogP contribution in [0.15, 0.2) is 54.6 Å². The van der Waals surface area contributed by atoms with Crippen molar-refractivity contribution in [3.05, 3.63) is 65.7 Å². The molecule has 2 heterocycles. The number of imide groups is 1. The van der Waals surface area contributed by atoms with Crippen LogP contribution in [0, 0.1) is 11.8 Å². The minimum Gasteiger partial charge on any atom is -0.497 e. The molecule has 2 aliphatic rings. The fraction of sp³-hybridized carbons (Fsp3) is 0.423. The predicted octanol–water partition coefficient (Wildman–Crippen LogP) is 2.78. The van der Waals surface area contributed by atoms with Gasteiger partial charge in [0.05, 0.1) is 32.2 Å². The van der Waals surface area contributed by atoms with Crippen LogP contribution in [0.25, 0.3) is 0 Å². The van der Waals surface area contributed by atoms with Gasteiger partial charge in [0.1, 0.15) is 5.75 Å². The van der Waals surface area contributed by atoms with Gasteiger partial charge < -0.3 is 14.6 Å². The van der Waals surface area contributed by atoms with Crippen LogP contribution < -0.4 is 10.1 Å². The number of ether oxygens (including phenoxy) is 2. The van der Waals surface area contributed by atoms with Crippen molar-refractivity contribution in [2.75, 3.05) is 13.7 Å². The van der Waals surface area contributed by atoms with Gasteiger partial charge in [0.15, 0.2) is 5.54 Å². The predicted molar refractivity (Wildman–Crippen MR) is 124 cm³/mol. The number of likely N-dealkylation sites (tertiary alicyclic amines) is 1. The van der Waals surface area contributed by atoms with E-state index < -0.39 is 40.8 Å². The van der Waals surface area contributed by atoms with Gasteiger partial charge in [-0.15, -0.1) is 0 Å². The summed E-state index contributed by atoms with van der Waals surface area (Å²) >= 11 is 0. The molecule has 0 saturated carbocycles. The molecular weight excluding hydrogens is 436 g/mol. The van der Waals surface area contributed by atoms with E-state index in [1.165, 1.54) is 12.0 Å². The van der Waals surface area contributed by atoms with Crippen LogP contribution >= 0.6 is 0 Å². The largest absolute Gasteiger partial charge is 0.497 e. The summed E-state index contributed by atoms with van der Waals surface area (Å²) in [4.78, 5) is 41.2. The molecule has 2 saturated heterocycles. The maximum atomic E-state index is 13.6. The van der Waals surface area contributed by atoms with Crippen molar-refractivity contribution in [1.82, 2.24) is 10.2 Å². The van der Waals surface area contributed by atoms with E-state index in [0.29, 0.717) is 11.3 Å². The number of nitrogens with zero attached hydrogens (tertiary/aromatic N) is 1. The molecule has 180 valence electrons. The highest BCUT2D eigenvalue weighted by atomic mass is 16.5. The zero-order chi connectivity index (χ0) is 24.7. The summed E-state index contributed by atoms with van der Waals surface area (Å²) in [7, 11) is 1.54. The van der Waals surface area contributed by atoms with E-state index in [-0.39, 0.29) is 19.1 Å². The Bertz CT molecular complexity index is 1100. The minimum atomic E-state index is -1.76. The molecule has 2 N–H and O–H groups in total. The van der Waals surface area contributed by atoms with Gasteiger partial charge in [0, 0.05) is 11.6 Å². The quantitative estimate of drug-likeness (QED) is 0.605. The van der Waals surface area contributed by atoms with E-state index in [1.54, 1.807) is 45.0 Å². The molecule has 2 aromatic carbocycles. The number of carboxylic acids is 1. The molecule has 2 aliphatic heterocycles. The van der Waals surface area contributed by atoms with Gasteiger partial charge in [0.2, 0.25) is 11.8 Å². The minimum absolute atomic E-state index is 0.184. The molecule has 2 aromatic rings. The Kier molecular flexibility index (Phi) is 6.22. The molecule has 0 spiro atoms. The van der Waals surface area contributed by atoms with E-state index in [9.17, 15) is 19.5 Å². The number of benzene rings is 2. The Morgan fingerprint density at radius 3 is 2.41 bits per heavy atom. The first-order valence-corrected chi connectivity index (χ1v) is 11.2. The van der Waals surface area contributed by atoms with Crippen LogP contribution in [-0.2, 0) is 25.7 Å². The third-order valence-electron chi connectivity index (χ3n) is 6.60. The fourth-order valence-corrected chi connectivity index (χ4v) is 5.08. The van der Waals surface area contributed by atoms with Crippen molar-refractivity contribution in [2.45, 2.75) is 44.5 Å². The van der Waals surface area contributed by atoms with Crippen molar-refractivity contribution >= 4 is 17.8 Å². The molecule has 2 amide bonds. The molecule has 8 nitrogen and oxygen atoms in total. The standard InChI is InChI=1S/C26H30N2O6/c1-25(2,3)28-22(29)19-20(23(28)30)26(24(31)32,15-34-14-16-9-6-5-7-10-16)27-21(19)17-11-8-12-18(13-17)33-4/h5-13,19-21,27H,14-15H2,1-4H3,(H,31,32).